The fourth-order valence-electron chi connectivity index (χ4n) is 1.37. The van der Waals surface area contributed by atoms with Crippen LogP contribution in [0.3, 0.4) is 0 Å². The summed E-state index contributed by atoms with van der Waals surface area (Å²) in [6, 6.07) is 2.57. The molecule has 1 rings (SSSR count). The maximum absolute atomic E-state index is 12.1. The summed E-state index contributed by atoms with van der Waals surface area (Å²) in [5, 5.41) is 2.56. The van der Waals surface area contributed by atoms with Gasteiger partial charge in [0, 0.05) is 31.7 Å². The van der Waals surface area contributed by atoms with E-state index in [1.54, 1.807) is 14.1 Å². The third kappa shape index (κ3) is 5.30. The summed E-state index contributed by atoms with van der Waals surface area (Å²) in [6.45, 7) is 0.159. The van der Waals surface area contributed by atoms with Gasteiger partial charge < -0.3 is 10.2 Å². The molecular weight excluding hydrogens is 405 g/mol. The first-order valence-corrected chi connectivity index (χ1v) is 8.77. The predicted molar refractivity (Wildman–Crippen MR) is 86.4 cm³/mol. The number of nitrogens with one attached hydrogen (secondary N) is 2. The summed E-state index contributed by atoms with van der Waals surface area (Å²) in [4.78, 5) is 12.4. The standard InChI is InChI=1S/C11H14BrCl2N3O3S/c1-17(2)11(18)15-3-4-16-21(19,20)10-8(13)5-7(12)6-9(10)14/h5-6,16H,3-4H2,1-2H3,(H,15,18). The number of benzene rings is 1. The van der Waals surface area contributed by atoms with Crippen LogP contribution in [0.2, 0.25) is 10.0 Å². The Balaban J connectivity index is 2.73. The van der Waals surface area contributed by atoms with Crippen LogP contribution in [0.5, 0.6) is 0 Å². The maximum Gasteiger partial charge on any atom is 0.316 e. The van der Waals surface area contributed by atoms with Crippen LogP contribution in [0.4, 0.5) is 4.79 Å². The second kappa shape index (κ2) is 7.64. The van der Waals surface area contributed by atoms with Crippen molar-refractivity contribution in [2.75, 3.05) is 27.2 Å². The van der Waals surface area contributed by atoms with Crippen molar-refractivity contribution in [1.29, 1.82) is 0 Å². The van der Waals surface area contributed by atoms with Gasteiger partial charge in [-0.1, -0.05) is 39.1 Å². The van der Waals surface area contributed by atoms with Gasteiger partial charge in [0.25, 0.3) is 0 Å². The molecule has 6 nitrogen and oxygen atoms in total. The highest BCUT2D eigenvalue weighted by Crippen LogP contribution is 2.32. The normalized spacial score (nSPS) is 11.3. The largest absolute Gasteiger partial charge is 0.337 e. The fraction of sp³-hybridized carbons (Fsp3) is 0.364. The van der Waals surface area contributed by atoms with Gasteiger partial charge in [-0.25, -0.2) is 17.9 Å². The molecule has 0 bridgehead atoms. The van der Waals surface area contributed by atoms with E-state index in [9.17, 15) is 13.2 Å². The molecule has 0 heterocycles. The van der Waals surface area contributed by atoms with Crippen molar-refractivity contribution in [1.82, 2.24) is 14.9 Å². The molecule has 0 radical (unpaired) electrons. The maximum atomic E-state index is 12.1. The van der Waals surface area contributed by atoms with Gasteiger partial charge in [-0.2, -0.15) is 0 Å². The van der Waals surface area contributed by atoms with Crippen molar-refractivity contribution < 1.29 is 13.2 Å². The molecular formula is C11H14BrCl2N3O3S. The van der Waals surface area contributed by atoms with E-state index in [1.165, 1.54) is 17.0 Å². The van der Waals surface area contributed by atoms with Crippen molar-refractivity contribution in [3.63, 3.8) is 0 Å². The summed E-state index contributed by atoms with van der Waals surface area (Å²) in [7, 11) is -0.688. The first-order valence-electron chi connectivity index (χ1n) is 5.74. The SMILES string of the molecule is CN(C)C(=O)NCCNS(=O)(=O)c1c(Cl)cc(Br)cc1Cl. The van der Waals surface area contributed by atoms with Gasteiger partial charge in [-0.15, -0.1) is 0 Å². The molecule has 10 heteroatoms. The summed E-state index contributed by atoms with van der Waals surface area (Å²) >= 11 is 15.0. The number of rotatable bonds is 5. The first-order chi connectivity index (χ1) is 9.65. The number of carbonyl (C=O) groups excluding carboxylic acids is 1. The molecule has 0 spiro atoms. The Morgan fingerprint density at radius 1 is 1.24 bits per heavy atom. The number of carbonyl (C=O) groups is 1. The molecule has 1 aromatic rings. The van der Waals surface area contributed by atoms with Crippen LogP contribution in [-0.4, -0.2) is 46.5 Å². The predicted octanol–water partition coefficient (Wildman–Crippen LogP) is 2.31. The molecule has 0 saturated carbocycles. The number of amides is 2. The van der Waals surface area contributed by atoms with Crippen LogP contribution in [0, 0.1) is 0 Å². The third-order valence-corrected chi connectivity index (χ3v) is 5.17. The highest BCUT2D eigenvalue weighted by Gasteiger charge is 2.22. The molecule has 1 aromatic carbocycles. The van der Waals surface area contributed by atoms with Crippen LogP contribution in [0.15, 0.2) is 21.5 Å². The minimum atomic E-state index is -3.86. The van der Waals surface area contributed by atoms with Gasteiger partial charge >= 0.3 is 6.03 Å². The molecule has 0 aliphatic heterocycles. The summed E-state index contributed by atoms with van der Waals surface area (Å²) in [6.07, 6.45) is 0. The van der Waals surface area contributed by atoms with Crippen molar-refractivity contribution in [3.8, 4) is 0 Å². The Morgan fingerprint density at radius 2 is 1.76 bits per heavy atom. The average molecular weight is 419 g/mol. The van der Waals surface area contributed by atoms with Crippen molar-refractivity contribution in [3.05, 3.63) is 26.7 Å². The smallest absolute Gasteiger partial charge is 0.316 e. The van der Waals surface area contributed by atoms with E-state index in [4.69, 9.17) is 23.2 Å². The van der Waals surface area contributed by atoms with Crippen LogP contribution < -0.4 is 10.0 Å². The lowest BCUT2D eigenvalue weighted by atomic mass is 10.4. The van der Waals surface area contributed by atoms with Crippen molar-refractivity contribution in [2.24, 2.45) is 0 Å². The van der Waals surface area contributed by atoms with Crippen molar-refractivity contribution >= 4 is 55.2 Å². The second-order valence-electron chi connectivity index (χ2n) is 4.22. The van der Waals surface area contributed by atoms with E-state index in [2.05, 4.69) is 26.0 Å². The fourth-order valence-corrected chi connectivity index (χ4v) is 4.34. The second-order valence-corrected chi connectivity index (χ2v) is 7.66. The molecule has 2 amide bonds. The highest BCUT2D eigenvalue weighted by molar-refractivity contribution is 9.10. The number of hydrogen-bond acceptors (Lipinski definition) is 3. The van der Waals surface area contributed by atoms with E-state index < -0.39 is 10.0 Å². The molecule has 0 fully saturated rings. The van der Waals surface area contributed by atoms with Crippen LogP contribution in [0.25, 0.3) is 0 Å². The zero-order valence-electron chi connectivity index (χ0n) is 11.3. The zero-order valence-corrected chi connectivity index (χ0v) is 15.2. The summed E-state index contributed by atoms with van der Waals surface area (Å²) in [5.74, 6) is 0. The molecule has 0 atom stereocenters. The van der Waals surface area contributed by atoms with Crippen LogP contribution in [0.1, 0.15) is 0 Å². The first kappa shape index (κ1) is 18.5. The monoisotopic (exact) mass is 417 g/mol. The molecule has 118 valence electrons. The molecule has 0 aromatic heterocycles. The lowest BCUT2D eigenvalue weighted by Gasteiger charge is -2.13. The molecule has 0 aliphatic rings. The molecule has 0 unspecified atom stereocenters. The van der Waals surface area contributed by atoms with E-state index in [-0.39, 0.29) is 34.1 Å². The van der Waals surface area contributed by atoms with E-state index >= 15 is 0 Å². The number of sulfonamides is 1. The molecule has 21 heavy (non-hydrogen) atoms. The number of halogens is 3. The topological polar surface area (TPSA) is 78.5 Å². The summed E-state index contributed by atoms with van der Waals surface area (Å²) < 4.78 is 27.2. The Morgan fingerprint density at radius 3 is 2.24 bits per heavy atom. The van der Waals surface area contributed by atoms with Crippen molar-refractivity contribution in [2.45, 2.75) is 4.90 Å². The van der Waals surface area contributed by atoms with Gasteiger partial charge in [0.1, 0.15) is 4.90 Å². The molecule has 0 aliphatic carbocycles. The van der Waals surface area contributed by atoms with E-state index in [0.29, 0.717) is 4.47 Å². The van der Waals surface area contributed by atoms with Gasteiger partial charge in [-0.05, 0) is 12.1 Å². The minimum Gasteiger partial charge on any atom is -0.337 e. The minimum absolute atomic E-state index is 0.0132. The number of nitrogens with zero attached hydrogens (tertiary/aromatic N) is 1. The summed E-state index contributed by atoms with van der Waals surface area (Å²) in [5.41, 5.74) is 0. The van der Waals surface area contributed by atoms with E-state index in [1.807, 2.05) is 0 Å². The zero-order chi connectivity index (χ0) is 16.2. The third-order valence-electron chi connectivity index (χ3n) is 2.33. The van der Waals surface area contributed by atoms with Gasteiger partial charge in [0.2, 0.25) is 10.0 Å². The van der Waals surface area contributed by atoms with Gasteiger partial charge in [0.05, 0.1) is 10.0 Å². The van der Waals surface area contributed by atoms with E-state index in [0.717, 1.165) is 0 Å². The quantitative estimate of drug-likeness (QED) is 0.720. The van der Waals surface area contributed by atoms with Crippen LogP contribution in [-0.2, 0) is 10.0 Å². The highest BCUT2D eigenvalue weighted by atomic mass is 79.9. The van der Waals surface area contributed by atoms with Gasteiger partial charge in [0.15, 0.2) is 0 Å². The Kier molecular flexibility index (Phi) is 6.73. The number of urea groups is 1. The Bertz CT molecular complexity index is 615. The van der Waals surface area contributed by atoms with Gasteiger partial charge in [-0.3, -0.25) is 0 Å². The average Bonchev–Trinajstić information content (AvgIpc) is 2.32. The lowest BCUT2D eigenvalue weighted by Crippen LogP contribution is -2.39. The number of hydrogen-bond donors (Lipinski definition) is 2. The lowest BCUT2D eigenvalue weighted by molar-refractivity contribution is 0.217. The molecule has 2 N–H and O–H groups in total. The molecule has 0 saturated heterocycles. The Labute approximate surface area is 142 Å². The Hall–Kier alpha value is -0.540. The van der Waals surface area contributed by atoms with Crippen LogP contribution >= 0.6 is 39.1 Å².